The molecule has 3 rings (SSSR count). The van der Waals surface area contributed by atoms with Crippen LogP contribution in [0.3, 0.4) is 0 Å². The molecule has 2 amide bonds. The number of hydrogen-bond donors (Lipinski definition) is 2. The van der Waals surface area contributed by atoms with E-state index >= 15 is 0 Å². The number of nitrogens with zero attached hydrogens (tertiary/aromatic N) is 1. The standard InChI is InChI=1S/C23H24IN3O5S/c1-31-19-8-7-16(13-17(19)24)21(29)26-23(33)27-11-10-25-22(30)18(27)14-20(28)32-12-9-15-5-3-2-4-6-15/h2-8,13,18H,9-12,14H2,1H3,(H,25,30)(H,26,29,33). The van der Waals surface area contributed by atoms with Crippen molar-refractivity contribution >= 4 is 57.7 Å². The van der Waals surface area contributed by atoms with Gasteiger partial charge in [0, 0.05) is 25.1 Å². The van der Waals surface area contributed by atoms with E-state index < -0.39 is 17.9 Å². The first-order valence-corrected chi connectivity index (χ1v) is 11.8. The Morgan fingerprint density at radius 1 is 1.24 bits per heavy atom. The van der Waals surface area contributed by atoms with Crippen molar-refractivity contribution in [1.29, 1.82) is 0 Å². The fourth-order valence-electron chi connectivity index (χ4n) is 3.35. The second-order valence-corrected chi connectivity index (χ2v) is 8.82. The van der Waals surface area contributed by atoms with Gasteiger partial charge in [-0.25, -0.2) is 0 Å². The quantitative estimate of drug-likeness (QED) is 0.295. The topological polar surface area (TPSA) is 97.0 Å². The first kappa shape index (κ1) is 24.9. The number of piperazine rings is 1. The van der Waals surface area contributed by atoms with Crippen LogP contribution in [0.15, 0.2) is 48.5 Å². The van der Waals surface area contributed by atoms with Gasteiger partial charge in [-0.2, -0.15) is 0 Å². The summed E-state index contributed by atoms with van der Waals surface area (Å²) < 4.78 is 11.3. The Morgan fingerprint density at radius 2 is 2.00 bits per heavy atom. The lowest BCUT2D eigenvalue weighted by molar-refractivity contribution is -0.147. The van der Waals surface area contributed by atoms with Crippen LogP contribution in [-0.4, -0.2) is 60.6 Å². The fraction of sp³-hybridized carbons (Fsp3) is 0.304. The molecule has 1 atom stereocenters. The van der Waals surface area contributed by atoms with Crippen LogP contribution in [-0.2, 0) is 20.7 Å². The summed E-state index contributed by atoms with van der Waals surface area (Å²) >= 11 is 7.48. The lowest BCUT2D eigenvalue weighted by Gasteiger charge is -2.36. The number of esters is 1. The Labute approximate surface area is 211 Å². The molecule has 1 saturated heterocycles. The van der Waals surface area contributed by atoms with Crippen LogP contribution >= 0.6 is 34.8 Å². The monoisotopic (exact) mass is 581 g/mol. The Kier molecular flexibility index (Phi) is 9.01. The maximum absolute atomic E-state index is 12.7. The molecule has 2 aromatic rings. The summed E-state index contributed by atoms with van der Waals surface area (Å²) in [7, 11) is 1.56. The van der Waals surface area contributed by atoms with E-state index in [9.17, 15) is 14.4 Å². The first-order valence-electron chi connectivity index (χ1n) is 10.3. The number of ether oxygens (including phenoxy) is 2. The lowest BCUT2D eigenvalue weighted by atomic mass is 10.1. The van der Waals surface area contributed by atoms with Crippen molar-refractivity contribution in [3.63, 3.8) is 0 Å². The summed E-state index contributed by atoms with van der Waals surface area (Å²) in [6, 6.07) is 13.8. The van der Waals surface area contributed by atoms with Gasteiger partial charge in [-0.3, -0.25) is 19.7 Å². The molecular weight excluding hydrogens is 557 g/mol. The van der Waals surface area contributed by atoms with E-state index in [2.05, 4.69) is 33.2 Å². The summed E-state index contributed by atoms with van der Waals surface area (Å²) in [6.07, 6.45) is 0.416. The van der Waals surface area contributed by atoms with E-state index in [0.29, 0.717) is 30.8 Å². The van der Waals surface area contributed by atoms with E-state index in [1.165, 1.54) is 0 Å². The van der Waals surface area contributed by atoms with E-state index in [4.69, 9.17) is 21.7 Å². The molecular formula is C23H24IN3O5S. The normalized spacial score (nSPS) is 15.4. The molecule has 0 aliphatic carbocycles. The summed E-state index contributed by atoms with van der Waals surface area (Å²) in [6.45, 7) is 0.941. The summed E-state index contributed by atoms with van der Waals surface area (Å²) in [5, 5.41) is 5.48. The maximum atomic E-state index is 12.7. The molecule has 174 valence electrons. The largest absolute Gasteiger partial charge is 0.496 e. The minimum atomic E-state index is -0.855. The third kappa shape index (κ3) is 6.87. The van der Waals surface area contributed by atoms with Gasteiger partial charge in [0.05, 0.1) is 23.7 Å². The average Bonchev–Trinajstić information content (AvgIpc) is 2.81. The second-order valence-electron chi connectivity index (χ2n) is 7.27. The fourth-order valence-corrected chi connectivity index (χ4v) is 4.40. The van der Waals surface area contributed by atoms with Crippen LogP contribution in [0.5, 0.6) is 5.75 Å². The summed E-state index contributed by atoms with van der Waals surface area (Å²) in [5.74, 6) is -0.585. The van der Waals surface area contributed by atoms with E-state index in [0.717, 1.165) is 9.13 Å². The molecule has 0 radical (unpaired) electrons. The maximum Gasteiger partial charge on any atom is 0.308 e. The van der Waals surface area contributed by atoms with Crippen LogP contribution < -0.4 is 15.4 Å². The number of amides is 2. The van der Waals surface area contributed by atoms with Crippen LogP contribution in [0, 0.1) is 3.57 Å². The van der Waals surface area contributed by atoms with Crippen molar-refractivity contribution in [2.75, 3.05) is 26.8 Å². The van der Waals surface area contributed by atoms with Crippen molar-refractivity contribution < 1.29 is 23.9 Å². The highest BCUT2D eigenvalue weighted by atomic mass is 127. The van der Waals surface area contributed by atoms with Crippen molar-refractivity contribution in [3.8, 4) is 5.75 Å². The molecule has 1 fully saturated rings. The average molecular weight is 581 g/mol. The predicted octanol–water partition coefficient (Wildman–Crippen LogP) is 2.29. The summed E-state index contributed by atoms with van der Waals surface area (Å²) in [4.78, 5) is 39.1. The minimum absolute atomic E-state index is 0.0859. The van der Waals surface area contributed by atoms with Gasteiger partial charge in [0.2, 0.25) is 5.91 Å². The highest BCUT2D eigenvalue weighted by molar-refractivity contribution is 14.1. The van der Waals surface area contributed by atoms with E-state index in [1.54, 1.807) is 30.2 Å². The molecule has 2 N–H and O–H groups in total. The second kappa shape index (κ2) is 11.9. The van der Waals surface area contributed by atoms with Crippen LogP contribution in [0.1, 0.15) is 22.3 Å². The SMILES string of the molecule is COc1ccc(C(=O)NC(=S)N2CCNC(=O)C2CC(=O)OCCc2ccccc2)cc1I. The zero-order valence-corrected chi connectivity index (χ0v) is 21.0. The number of rotatable bonds is 7. The molecule has 0 bridgehead atoms. The molecule has 0 saturated carbocycles. The van der Waals surface area contributed by atoms with Gasteiger partial charge < -0.3 is 19.7 Å². The molecule has 1 heterocycles. The van der Waals surface area contributed by atoms with E-state index in [-0.39, 0.29) is 24.0 Å². The third-order valence-corrected chi connectivity index (χ3v) is 6.26. The molecule has 10 heteroatoms. The highest BCUT2D eigenvalue weighted by Gasteiger charge is 2.34. The number of methoxy groups -OCH3 is 1. The highest BCUT2D eigenvalue weighted by Crippen LogP contribution is 2.21. The predicted molar refractivity (Wildman–Crippen MR) is 135 cm³/mol. The number of benzene rings is 2. The van der Waals surface area contributed by atoms with Crippen LogP contribution in [0.4, 0.5) is 0 Å². The van der Waals surface area contributed by atoms with Crippen molar-refractivity contribution in [2.24, 2.45) is 0 Å². The van der Waals surface area contributed by atoms with Gasteiger partial charge in [0.15, 0.2) is 5.11 Å². The number of carbonyl (C=O) groups excluding carboxylic acids is 3. The number of carbonyl (C=O) groups is 3. The van der Waals surface area contributed by atoms with Gasteiger partial charge in [-0.05, 0) is 58.6 Å². The zero-order chi connectivity index (χ0) is 23.8. The lowest BCUT2D eigenvalue weighted by Crippen LogP contribution is -2.60. The van der Waals surface area contributed by atoms with Gasteiger partial charge in [0.1, 0.15) is 11.8 Å². The smallest absolute Gasteiger partial charge is 0.308 e. The van der Waals surface area contributed by atoms with Gasteiger partial charge >= 0.3 is 5.97 Å². The van der Waals surface area contributed by atoms with Crippen molar-refractivity contribution in [1.82, 2.24) is 15.5 Å². The van der Waals surface area contributed by atoms with Gasteiger partial charge in [-0.15, -0.1) is 0 Å². The van der Waals surface area contributed by atoms with Crippen molar-refractivity contribution in [3.05, 3.63) is 63.2 Å². The van der Waals surface area contributed by atoms with E-state index in [1.807, 2.05) is 30.3 Å². The Hall–Kier alpha value is -2.73. The van der Waals surface area contributed by atoms with Crippen LogP contribution in [0.2, 0.25) is 0 Å². The first-order chi connectivity index (χ1) is 15.9. The number of halogens is 1. The third-order valence-electron chi connectivity index (χ3n) is 5.08. The molecule has 2 aromatic carbocycles. The van der Waals surface area contributed by atoms with Crippen LogP contribution in [0.25, 0.3) is 0 Å². The summed E-state index contributed by atoms with van der Waals surface area (Å²) in [5.41, 5.74) is 1.46. The Bertz CT molecular complexity index is 1030. The van der Waals surface area contributed by atoms with Crippen molar-refractivity contribution in [2.45, 2.75) is 18.9 Å². The number of thiocarbonyl (C=S) groups is 1. The Morgan fingerprint density at radius 3 is 2.70 bits per heavy atom. The Balaban J connectivity index is 1.58. The minimum Gasteiger partial charge on any atom is -0.496 e. The molecule has 0 spiro atoms. The molecule has 1 aliphatic heterocycles. The molecule has 1 unspecified atom stereocenters. The van der Waals surface area contributed by atoms with Gasteiger partial charge in [-0.1, -0.05) is 30.3 Å². The molecule has 8 nitrogen and oxygen atoms in total. The number of nitrogens with one attached hydrogen (secondary N) is 2. The zero-order valence-electron chi connectivity index (χ0n) is 18.0. The molecule has 0 aromatic heterocycles. The van der Waals surface area contributed by atoms with Gasteiger partial charge in [0.25, 0.3) is 5.91 Å². The molecule has 1 aliphatic rings. The number of hydrogen-bond acceptors (Lipinski definition) is 6. The molecule has 33 heavy (non-hydrogen) atoms.